The molecule has 0 saturated heterocycles. The fourth-order valence-corrected chi connectivity index (χ4v) is 0.568. The average Bonchev–Trinajstić information content (AvgIpc) is 2.06. The highest BCUT2D eigenvalue weighted by Crippen LogP contribution is 1.70. The molecule has 0 saturated carbocycles. The second-order valence-corrected chi connectivity index (χ2v) is 2.34. The van der Waals surface area contributed by atoms with E-state index in [0.717, 1.165) is 6.92 Å². The van der Waals surface area contributed by atoms with Crippen molar-refractivity contribution < 1.29 is 17.4 Å². The molecule has 6 nitrogen and oxygen atoms in total. The molecule has 1 aromatic rings. The molecule has 0 N–H and O–H groups in total. The number of hydrogen-bond donors (Lipinski definition) is 1. The molecule has 0 unspecified atom stereocenters. The van der Waals surface area contributed by atoms with Crippen molar-refractivity contribution in [2.45, 2.75) is 6.92 Å². The molecule has 0 aliphatic rings. The number of hydrogen-bond acceptors (Lipinski definition) is 6. The molecule has 0 radical (unpaired) electrons. The van der Waals surface area contributed by atoms with E-state index in [4.69, 9.17) is 0 Å². The summed E-state index contributed by atoms with van der Waals surface area (Å²) < 4.78 is 22.4. The maximum atomic E-state index is 9.65. The lowest BCUT2D eigenvalue weighted by Crippen LogP contribution is -1.94. The highest BCUT2D eigenvalue weighted by molar-refractivity contribution is 7.67. The summed E-state index contributed by atoms with van der Waals surface area (Å²) in [5.74, 6) is -0.809. The van der Waals surface area contributed by atoms with Crippen LogP contribution in [-0.2, 0) is 20.0 Å². The van der Waals surface area contributed by atoms with Gasteiger partial charge in [-0.15, -0.1) is 0 Å². The molecule has 0 aliphatic carbocycles. The van der Waals surface area contributed by atoms with Crippen LogP contribution in [0.15, 0.2) is 24.8 Å². The number of aromatic nitrogens is 2. The van der Waals surface area contributed by atoms with E-state index in [0.29, 0.717) is 0 Å². The van der Waals surface area contributed by atoms with Crippen LogP contribution in [0.2, 0.25) is 0 Å². The SMILES string of the molecule is CC(=O)O[SH](=O)=O.c1cncnc1. The zero-order valence-corrected chi connectivity index (χ0v) is 7.68. The van der Waals surface area contributed by atoms with Gasteiger partial charge in [-0.2, -0.15) is 8.42 Å². The van der Waals surface area contributed by atoms with Gasteiger partial charge in [-0.1, -0.05) is 0 Å². The van der Waals surface area contributed by atoms with E-state index in [9.17, 15) is 13.2 Å². The summed E-state index contributed by atoms with van der Waals surface area (Å²) in [4.78, 5) is 17.0. The average molecular weight is 204 g/mol. The number of thiol groups is 1. The first-order valence-corrected chi connectivity index (χ1v) is 4.25. The fourth-order valence-electron chi connectivity index (χ4n) is 0.358. The van der Waals surface area contributed by atoms with Crippen molar-refractivity contribution in [3.8, 4) is 0 Å². The first kappa shape index (κ1) is 11.5. The Balaban J connectivity index is 0.000000223. The van der Waals surface area contributed by atoms with E-state index in [1.165, 1.54) is 6.33 Å². The quantitative estimate of drug-likeness (QED) is 0.624. The first-order chi connectivity index (χ1) is 6.13. The van der Waals surface area contributed by atoms with Crippen LogP contribution in [0.3, 0.4) is 0 Å². The molecular formula is C6H8N2O4S. The molecule has 7 heteroatoms. The van der Waals surface area contributed by atoms with E-state index in [1.807, 2.05) is 0 Å². The van der Waals surface area contributed by atoms with Crippen LogP contribution in [0.4, 0.5) is 0 Å². The van der Waals surface area contributed by atoms with Crippen LogP contribution in [0.1, 0.15) is 6.92 Å². The van der Waals surface area contributed by atoms with Gasteiger partial charge >= 0.3 is 17.0 Å². The third kappa shape index (κ3) is 10.5. The van der Waals surface area contributed by atoms with Gasteiger partial charge in [0, 0.05) is 19.3 Å². The molecule has 1 aromatic heterocycles. The molecular weight excluding hydrogens is 196 g/mol. The molecule has 0 aliphatic heterocycles. The van der Waals surface area contributed by atoms with Crippen LogP contribution in [0.25, 0.3) is 0 Å². The third-order valence-corrected chi connectivity index (χ3v) is 1.09. The molecule has 0 aromatic carbocycles. The van der Waals surface area contributed by atoms with Gasteiger partial charge in [0.1, 0.15) is 6.33 Å². The summed E-state index contributed by atoms with van der Waals surface area (Å²) in [5, 5.41) is 0. The number of rotatable bonds is 1. The van der Waals surface area contributed by atoms with Crippen molar-refractivity contribution in [2.24, 2.45) is 0 Å². The lowest BCUT2D eigenvalue weighted by atomic mass is 10.7. The summed E-state index contributed by atoms with van der Waals surface area (Å²) in [5.41, 5.74) is 0. The van der Waals surface area contributed by atoms with Crippen LogP contribution in [0, 0.1) is 0 Å². The Bertz CT molecular complexity index is 277. The molecule has 0 spiro atoms. The minimum Gasteiger partial charge on any atom is -0.348 e. The summed E-state index contributed by atoms with van der Waals surface area (Å²) in [7, 11) is -2.99. The second-order valence-electron chi connectivity index (χ2n) is 1.71. The largest absolute Gasteiger partial charge is 0.348 e. The van der Waals surface area contributed by atoms with Crippen molar-refractivity contribution in [3.63, 3.8) is 0 Å². The highest BCUT2D eigenvalue weighted by Gasteiger charge is 1.87. The van der Waals surface area contributed by atoms with Crippen LogP contribution >= 0.6 is 0 Å². The topological polar surface area (TPSA) is 86.2 Å². The Hall–Kier alpha value is -1.50. The summed E-state index contributed by atoms with van der Waals surface area (Å²) in [6.45, 7) is 1.02. The predicted octanol–water partition coefficient (Wildman–Crippen LogP) is -0.448. The zero-order chi connectivity index (χ0) is 10.1. The van der Waals surface area contributed by atoms with Gasteiger partial charge in [-0.25, -0.2) is 9.97 Å². The van der Waals surface area contributed by atoms with E-state index in [2.05, 4.69) is 14.2 Å². The standard InChI is InChI=1S/C4H4N2.C2H4O4S/c1-2-5-4-6-3-1;1-2(3)6-7(4)5/h1-4H;7H,1H3. The molecule has 1 rings (SSSR count). The van der Waals surface area contributed by atoms with Gasteiger partial charge in [0.15, 0.2) is 0 Å². The lowest BCUT2D eigenvalue weighted by Gasteiger charge is -1.81. The second kappa shape index (κ2) is 7.17. The Morgan fingerprint density at radius 3 is 1.92 bits per heavy atom. The molecule has 0 amide bonds. The molecule has 72 valence electrons. The molecule has 1 heterocycles. The Labute approximate surface area is 76.7 Å². The van der Waals surface area contributed by atoms with E-state index < -0.39 is 17.0 Å². The molecule has 0 fully saturated rings. The van der Waals surface area contributed by atoms with Gasteiger partial charge in [0.05, 0.1) is 0 Å². The summed E-state index contributed by atoms with van der Waals surface area (Å²) in [6, 6.07) is 1.78. The number of nitrogens with zero attached hydrogens (tertiary/aromatic N) is 2. The van der Waals surface area contributed by atoms with Gasteiger partial charge in [-0.05, 0) is 6.07 Å². The van der Waals surface area contributed by atoms with Crippen LogP contribution < -0.4 is 0 Å². The molecule has 0 bridgehead atoms. The Morgan fingerprint density at radius 1 is 1.31 bits per heavy atom. The summed E-state index contributed by atoms with van der Waals surface area (Å²) >= 11 is 0. The van der Waals surface area contributed by atoms with Crippen molar-refractivity contribution in [1.82, 2.24) is 9.97 Å². The van der Waals surface area contributed by atoms with Crippen molar-refractivity contribution in [3.05, 3.63) is 24.8 Å². The monoisotopic (exact) mass is 204 g/mol. The van der Waals surface area contributed by atoms with Crippen LogP contribution in [0.5, 0.6) is 0 Å². The minimum absolute atomic E-state index is 0.809. The van der Waals surface area contributed by atoms with Crippen molar-refractivity contribution in [2.75, 3.05) is 0 Å². The predicted molar refractivity (Wildman–Crippen MR) is 44.1 cm³/mol. The van der Waals surface area contributed by atoms with Gasteiger partial charge in [-0.3, -0.25) is 4.79 Å². The number of carbonyl (C=O) groups excluding carboxylic acids is 1. The normalized spacial score (nSPS) is 8.46. The maximum Gasteiger partial charge on any atom is 0.318 e. The van der Waals surface area contributed by atoms with E-state index in [1.54, 1.807) is 18.5 Å². The highest BCUT2D eigenvalue weighted by atomic mass is 32.2. The van der Waals surface area contributed by atoms with Gasteiger partial charge < -0.3 is 4.18 Å². The Kier molecular flexibility index (Phi) is 6.34. The number of carbonyl (C=O) groups is 1. The first-order valence-electron chi connectivity index (χ1n) is 3.16. The summed E-state index contributed by atoms with van der Waals surface area (Å²) in [6.07, 6.45) is 4.88. The maximum absolute atomic E-state index is 9.65. The Morgan fingerprint density at radius 2 is 1.85 bits per heavy atom. The third-order valence-electron chi connectivity index (χ3n) is 0.681. The van der Waals surface area contributed by atoms with Crippen molar-refractivity contribution >= 4 is 17.0 Å². The van der Waals surface area contributed by atoms with E-state index in [-0.39, 0.29) is 0 Å². The fraction of sp³-hybridized carbons (Fsp3) is 0.167. The molecule has 0 atom stereocenters. The zero-order valence-electron chi connectivity index (χ0n) is 6.78. The lowest BCUT2D eigenvalue weighted by molar-refractivity contribution is -0.131. The minimum atomic E-state index is -2.99. The van der Waals surface area contributed by atoms with E-state index >= 15 is 0 Å². The van der Waals surface area contributed by atoms with Crippen molar-refractivity contribution in [1.29, 1.82) is 0 Å². The smallest absolute Gasteiger partial charge is 0.318 e. The van der Waals surface area contributed by atoms with Gasteiger partial charge in [0.25, 0.3) is 0 Å². The molecule has 13 heavy (non-hydrogen) atoms. The van der Waals surface area contributed by atoms with Crippen LogP contribution in [-0.4, -0.2) is 24.4 Å². The van der Waals surface area contributed by atoms with Gasteiger partial charge in [0.2, 0.25) is 0 Å².